The number of rotatable bonds is 6. The van der Waals surface area contributed by atoms with E-state index in [2.05, 4.69) is 24.5 Å². The van der Waals surface area contributed by atoms with Crippen molar-refractivity contribution in [3.05, 3.63) is 0 Å². The maximum absolute atomic E-state index is 12.3. The quantitative estimate of drug-likeness (QED) is 0.775. The van der Waals surface area contributed by atoms with Crippen LogP contribution in [0.5, 0.6) is 0 Å². The largest absolute Gasteiger partial charge is 0.379 e. The average molecular weight is 286 g/mol. The van der Waals surface area contributed by atoms with Crippen LogP contribution in [0.1, 0.15) is 33.1 Å². The first-order valence-electron chi connectivity index (χ1n) is 7.47. The van der Waals surface area contributed by atoms with E-state index >= 15 is 0 Å². The zero-order chi connectivity index (χ0) is 13.7. The molecule has 110 valence electrons. The van der Waals surface area contributed by atoms with E-state index in [0.717, 1.165) is 24.6 Å². The maximum Gasteiger partial charge on any atom is 0.227 e. The average Bonchev–Trinajstić information content (AvgIpc) is 3.00. The van der Waals surface area contributed by atoms with Crippen LogP contribution in [0.2, 0.25) is 0 Å². The van der Waals surface area contributed by atoms with E-state index in [1.807, 2.05) is 11.8 Å². The molecule has 1 aliphatic heterocycles. The Balaban J connectivity index is 1.78. The van der Waals surface area contributed by atoms with Gasteiger partial charge in [0.05, 0.1) is 19.1 Å². The molecule has 4 unspecified atom stereocenters. The zero-order valence-electron chi connectivity index (χ0n) is 12.0. The first-order valence-corrected chi connectivity index (χ1v) is 8.52. The summed E-state index contributed by atoms with van der Waals surface area (Å²) in [5.41, 5.74) is 0. The van der Waals surface area contributed by atoms with E-state index < -0.39 is 0 Å². The van der Waals surface area contributed by atoms with Crippen LogP contribution in [0.15, 0.2) is 0 Å². The van der Waals surface area contributed by atoms with Crippen LogP contribution in [0, 0.1) is 5.92 Å². The molecule has 0 spiro atoms. The van der Waals surface area contributed by atoms with Crippen LogP contribution in [-0.2, 0) is 9.53 Å². The van der Waals surface area contributed by atoms with E-state index in [1.54, 1.807) is 0 Å². The molecule has 2 rings (SSSR count). The van der Waals surface area contributed by atoms with Crippen molar-refractivity contribution in [3.8, 4) is 0 Å². The van der Waals surface area contributed by atoms with Gasteiger partial charge in [-0.3, -0.25) is 4.79 Å². The molecule has 0 aromatic heterocycles. The van der Waals surface area contributed by atoms with Gasteiger partial charge in [-0.05, 0) is 31.6 Å². The molecule has 19 heavy (non-hydrogen) atoms. The fourth-order valence-electron chi connectivity index (χ4n) is 3.04. The van der Waals surface area contributed by atoms with Gasteiger partial charge < -0.3 is 15.4 Å². The van der Waals surface area contributed by atoms with Crippen LogP contribution in [0.3, 0.4) is 0 Å². The van der Waals surface area contributed by atoms with Crippen LogP contribution in [-0.4, -0.2) is 48.8 Å². The number of carbonyl (C=O) groups is 1. The number of carbonyl (C=O) groups excluding carboxylic acids is 1. The third kappa shape index (κ3) is 4.10. The molecule has 0 bridgehead atoms. The van der Waals surface area contributed by atoms with Crippen molar-refractivity contribution in [3.63, 3.8) is 0 Å². The van der Waals surface area contributed by atoms with Crippen LogP contribution in [0.4, 0.5) is 0 Å². The van der Waals surface area contributed by atoms with Crippen LogP contribution in [0.25, 0.3) is 0 Å². The molecule has 2 aliphatic rings. The molecule has 0 radical (unpaired) electrons. The molecule has 1 aliphatic carbocycles. The number of hydrogen-bond acceptors (Lipinski definition) is 4. The highest BCUT2D eigenvalue weighted by atomic mass is 32.2. The molecule has 4 nitrogen and oxygen atoms in total. The van der Waals surface area contributed by atoms with E-state index in [0.29, 0.717) is 19.3 Å². The number of ether oxygens (including phenoxy) is 1. The second-order valence-corrected chi connectivity index (χ2v) is 6.98. The Labute approximate surface area is 120 Å². The molecule has 0 aromatic rings. The summed E-state index contributed by atoms with van der Waals surface area (Å²) in [6.07, 6.45) is 3.49. The summed E-state index contributed by atoms with van der Waals surface area (Å²) in [4.78, 5) is 12.3. The molecule has 1 heterocycles. The van der Waals surface area contributed by atoms with Crippen LogP contribution >= 0.6 is 11.8 Å². The standard InChI is InChI=1S/C14H26N2O2S/c1-3-15-13-9-18-8-12(13)14(17)16-10-5-6-11(7-10)19-4-2/h10-13,15H,3-9H2,1-2H3,(H,16,17). The number of hydrogen-bond donors (Lipinski definition) is 2. The van der Waals surface area contributed by atoms with Crippen molar-refractivity contribution in [1.82, 2.24) is 10.6 Å². The fraction of sp³-hybridized carbons (Fsp3) is 0.929. The summed E-state index contributed by atoms with van der Waals surface area (Å²) in [7, 11) is 0. The maximum atomic E-state index is 12.3. The Morgan fingerprint density at radius 2 is 2.16 bits per heavy atom. The van der Waals surface area contributed by atoms with Gasteiger partial charge in [0, 0.05) is 17.3 Å². The smallest absolute Gasteiger partial charge is 0.227 e. The van der Waals surface area contributed by atoms with Gasteiger partial charge >= 0.3 is 0 Å². The summed E-state index contributed by atoms with van der Waals surface area (Å²) in [6, 6.07) is 0.562. The minimum atomic E-state index is -0.0159. The Morgan fingerprint density at radius 3 is 2.89 bits per heavy atom. The second-order valence-electron chi connectivity index (χ2n) is 5.40. The molecule has 0 aromatic carbocycles. The highest BCUT2D eigenvalue weighted by molar-refractivity contribution is 7.99. The van der Waals surface area contributed by atoms with Gasteiger partial charge in [-0.1, -0.05) is 13.8 Å². The number of likely N-dealkylation sites (N-methyl/N-ethyl adjacent to an activating group) is 1. The molecule has 4 atom stereocenters. The first-order chi connectivity index (χ1) is 9.24. The predicted octanol–water partition coefficient (Wildman–Crippen LogP) is 1.40. The summed E-state index contributed by atoms with van der Waals surface area (Å²) in [5.74, 6) is 1.33. The highest BCUT2D eigenvalue weighted by Gasteiger charge is 2.35. The fourth-order valence-corrected chi connectivity index (χ4v) is 4.19. The highest BCUT2D eigenvalue weighted by Crippen LogP contribution is 2.30. The second kappa shape index (κ2) is 7.50. The third-order valence-electron chi connectivity index (χ3n) is 4.02. The van der Waals surface area contributed by atoms with E-state index in [-0.39, 0.29) is 17.9 Å². The SMILES string of the molecule is CCNC1COCC1C(=O)NC1CCC(SCC)C1. The van der Waals surface area contributed by atoms with Crippen molar-refractivity contribution in [2.24, 2.45) is 5.92 Å². The molecule has 1 amide bonds. The van der Waals surface area contributed by atoms with Crippen molar-refractivity contribution in [2.45, 2.75) is 50.4 Å². The Bertz CT molecular complexity index is 301. The molecular formula is C14H26N2O2S. The topological polar surface area (TPSA) is 50.4 Å². The zero-order valence-corrected chi connectivity index (χ0v) is 12.8. The van der Waals surface area contributed by atoms with Crippen molar-refractivity contribution in [2.75, 3.05) is 25.5 Å². The summed E-state index contributed by atoms with van der Waals surface area (Å²) < 4.78 is 5.44. The number of thioether (sulfide) groups is 1. The predicted molar refractivity (Wildman–Crippen MR) is 79.5 cm³/mol. The lowest BCUT2D eigenvalue weighted by Gasteiger charge is -2.20. The Hall–Kier alpha value is -0.260. The first kappa shape index (κ1) is 15.1. The Morgan fingerprint density at radius 1 is 1.32 bits per heavy atom. The molecule has 2 fully saturated rings. The van der Waals surface area contributed by atoms with Gasteiger partial charge in [0.25, 0.3) is 0 Å². The lowest BCUT2D eigenvalue weighted by atomic mass is 10.0. The molecule has 1 saturated heterocycles. The van der Waals surface area contributed by atoms with Crippen molar-refractivity contribution in [1.29, 1.82) is 0 Å². The molecular weight excluding hydrogens is 260 g/mol. The van der Waals surface area contributed by atoms with Gasteiger partial charge in [0.1, 0.15) is 0 Å². The van der Waals surface area contributed by atoms with Crippen LogP contribution < -0.4 is 10.6 Å². The molecule has 5 heteroatoms. The van der Waals surface area contributed by atoms with E-state index in [4.69, 9.17) is 4.74 Å². The van der Waals surface area contributed by atoms with Crippen molar-refractivity contribution >= 4 is 17.7 Å². The number of nitrogens with one attached hydrogen (secondary N) is 2. The minimum Gasteiger partial charge on any atom is -0.379 e. The minimum absolute atomic E-state index is 0.0159. The summed E-state index contributed by atoms with van der Waals surface area (Å²) in [6.45, 7) is 6.37. The van der Waals surface area contributed by atoms with Gasteiger partial charge in [-0.2, -0.15) is 11.8 Å². The third-order valence-corrected chi connectivity index (χ3v) is 5.25. The van der Waals surface area contributed by atoms with Gasteiger partial charge in [0.2, 0.25) is 5.91 Å². The van der Waals surface area contributed by atoms with Gasteiger partial charge in [-0.25, -0.2) is 0 Å². The van der Waals surface area contributed by atoms with Crippen molar-refractivity contribution < 1.29 is 9.53 Å². The number of amides is 1. The summed E-state index contributed by atoms with van der Waals surface area (Å²) >= 11 is 2.02. The molecule has 2 N–H and O–H groups in total. The summed E-state index contributed by atoms with van der Waals surface area (Å²) in [5, 5.41) is 7.30. The van der Waals surface area contributed by atoms with E-state index in [9.17, 15) is 4.79 Å². The van der Waals surface area contributed by atoms with Gasteiger partial charge in [-0.15, -0.1) is 0 Å². The van der Waals surface area contributed by atoms with E-state index in [1.165, 1.54) is 12.2 Å². The monoisotopic (exact) mass is 286 g/mol. The van der Waals surface area contributed by atoms with Gasteiger partial charge in [0.15, 0.2) is 0 Å². The lowest BCUT2D eigenvalue weighted by Crippen LogP contribution is -2.46. The Kier molecular flexibility index (Phi) is 5.98. The lowest BCUT2D eigenvalue weighted by molar-refractivity contribution is -0.126. The molecule has 1 saturated carbocycles. The normalized spacial score (nSPS) is 34.6.